The topological polar surface area (TPSA) is 17.1 Å². The van der Waals surface area contributed by atoms with Crippen LogP contribution in [-0.2, 0) is 4.79 Å². The van der Waals surface area contributed by atoms with Crippen LogP contribution in [0.4, 0.5) is 0 Å². The highest BCUT2D eigenvalue weighted by Gasteiger charge is 2.43. The van der Waals surface area contributed by atoms with Crippen molar-refractivity contribution in [2.24, 2.45) is 29.6 Å². The van der Waals surface area contributed by atoms with Gasteiger partial charge in [-0.25, -0.2) is 0 Å². The second-order valence-electron chi connectivity index (χ2n) is 5.78. The maximum absolute atomic E-state index is 11.6. The van der Waals surface area contributed by atoms with Crippen molar-refractivity contribution >= 4 is 5.78 Å². The molecule has 0 aliphatic heterocycles. The predicted molar refractivity (Wildman–Crippen MR) is 62.5 cm³/mol. The molecule has 3 aliphatic rings. The summed E-state index contributed by atoms with van der Waals surface area (Å²) in [6.07, 6.45) is 4.80. The predicted octanol–water partition coefficient (Wildman–Crippen LogP) is 3.45. The number of carbonyl (C=O) groups is 1. The van der Waals surface area contributed by atoms with Crippen molar-refractivity contribution in [3.8, 4) is 0 Å². The Morgan fingerprint density at radius 2 is 2.07 bits per heavy atom. The Bertz CT molecular complexity index is 300. The van der Waals surface area contributed by atoms with Crippen molar-refractivity contribution in [2.75, 3.05) is 0 Å². The molecule has 1 heteroatoms. The van der Waals surface area contributed by atoms with Gasteiger partial charge in [0.1, 0.15) is 5.78 Å². The van der Waals surface area contributed by atoms with Crippen molar-refractivity contribution in [1.29, 1.82) is 0 Å². The molecule has 0 saturated heterocycles. The molecule has 0 aromatic carbocycles. The van der Waals surface area contributed by atoms with Gasteiger partial charge in [0.05, 0.1) is 0 Å². The molecule has 4 atom stereocenters. The van der Waals surface area contributed by atoms with E-state index in [2.05, 4.69) is 26.8 Å². The van der Waals surface area contributed by atoms with Gasteiger partial charge in [0.15, 0.2) is 0 Å². The zero-order chi connectivity index (χ0) is 11.2. The molecule has 0 radical (unpaired) electrons. The van der Waals surface area contributed by atoms with Gasteiger partial charge in [0.25, 0.3) is 0 Å². The van der Waals surface area contributed by atoms with Crippen LogP contribution < -0.4 is 0 Å². The van der Waals surface area contributed by atoms with Crippen LogP contribution in [0.1, 0.15) is 40.5 Å². The fourth-order valence-electron chi connectivity index (χ4n) is 3.64. The number of rotatable bonds is 2. The highest BCUT2D eigenvalue weighted by Crippen LogP contribution is 2.49. The van der Waals surface area contributed by atoms with E-state index < -0.39 is 0 Å². The Morgan fingerprint density at radius 3 is 2.53 bits per heavy atom. The molecule has 0 N–H and O–H groups in total. The van der Waals surface area contributed by atoms with Crippen LogP contribution in [-0.4, -0.2) is 5.78 Å². The molecule has 1 saturated carbocycles. The zero-order valence-corrected chi connectivity index (χ0v) is 10.3. The average Bonchev–Trinajstić information content (AvgIpc) is 2.16. The summed E-state index contributed by atoms with van der Waals surface area (Å²) in [4.78, 5) is 11.6. The number of allylic oxidation sites excluding steroid dienone is 2. The zero-order valence-electron chi connectivity index (χ0n) is 10.3. The molecule has 3 rings (SSSR count). The number of carbonyl (C=O) groups excluding carboxylic acids is 1. The molecule has 0 aromatic rings. The summed E-state index contributed by atoms with van der Waals surface area (Å²) in [6.45, 7) is 8.61. The van der Waals surface area contributed by atoms with E-state index in [0.717, 1.165) is 18.3 Å². The van der Waals surface area contributed by atoms with Crippen LogP contribution in [0.2, 0.25) is 0 Å². The minimum absolute atomic E-state index is 0.329. The summed E-state index contributed by atoms with van der Waals surface area (Å²) in [7, 11) is 0. The van der Waals surface area contributed by atoms with Crippen molar-refractivity contribution in [2.45, 2.75) is 40.5 Å². The monoisotopic (exact) mass is 206 g/mol. The Balaban J connectivity index is 2.23. The lowest BCUT2D eigenvalue weighted by Crippen LogP contribution is -2.41. The summed E-state index contributed by atoms with van der Waals surface area (Å²) in [5.41, 5.74) is 1.48. The summed E-state index contributed by atoms with van der Waals surface area (Å²) < 4.78 is 0. The Kier molecular flexibility index (Phi) is 2.74. The molecule has 15 heavy (non-hydrogen) atoms. The Morgan fingerprint density at radius 1 is 1.40 bits per heavy atom. The normalized spacial score (nSPS) is 39.4. The summed E-state index contributed by atoms with van der Waals surface area (Å²) in [6, 6.07) is 0. The molecule has 0 aromatic heterocycles. The van der Waals surface area contributed by atoms with Crippen molar-refractivity contribution in [3.63, 3.8) is 0 Å². The van der Waals surface area contributed by atoms with Crippen LogP contribution >= 0.6 is 0 Å². The highest BCUT2D eigenvalue weighted by atomic mass is 16.1. The number of fused-ring (bicyclic) bond motifs is 2. The molecular formula is C14H22O. The molecule has 0 amide bonds. The fraction of sp³-hybridized carbons (Fsp3) is 0.786. The third-order valence-corrected chi connectivity index (χ3v) is 4.53. The first-order valence-electron chi connectivity index (χ1n) is 6.19. The van der Waals surface area contributed by atoms with Gasteiger partial charge in [-0.05, 0) is 50.4 Å². The number of Topliss-reactive ketones (excluding diaryl/α,β-unsaturated/α-hetero) is 1. The second-order valence-corrected chi connectivity index (χ2v) is 5.78. The van der Waals surface area contributed by atoms with Crippen molar-refractivity contribution in [3.05, 3.63) is 11.6 Å². The molecule has 1 nitrogen and oxygen atoms in total. The van der Waals surface area contributed by atoms with Crippen molar-refractivity contribution in [1.82, 2.24) is 0 Å². The van der Waals surface area contributed by atoms with E-state index in [1.54, 1.807) is 6.92 Å². The average molecular weight is 206 g/mol. The van der Waals surface area contributed by atoms with E-state index in [4.69, 9.17) is 0 Å². The van der Waals surface area contributed by atoms with Gasteiger partial charge in [-0.15, -0.1) is 0 Å². The minimum atomic E-state index is 0.329. The third kappa shape index (κ3) is 1.77. The maximum atomic E-state index is 11.6. The third-order valence-electron chi connectivity index (χ3n) is 4.53. The standard InChI is InChI=1S/C14H22O/c1-8(2)12-7-13-9(3)5-11(12)6-14(13)10(4)15/h5,8,11-14H,6-7H2,1-4H3/t11-,12+,13+,14+/m0/s1. The first-order valence-corrected chi connectivity index (χ1v) is 6.19. The Labute approximate surface area is 92.9 Å². The SMILES string of the molecule is CC(=O)[C@H]1C[C@@H]2C=C(C)[C@H]1C[C@@H]2C(C)C. The maximum Gasteiger partial charge on any atom is 0.133 e. The molecule has 1 fully saturated rings. The first kappa shape index (κ1) is 10.9. The molecule has 0 spiro atoms. The van der Waals surface area contributed by atoms with Gasteiger partial charge in [0, 0.05) is 5.92 Å². The smallest absolute Gasteiger partial charge is 0.133 e. The molecule has 3 aliphatic carbocycles. The van der Waals surface area contributed by atoms with Crippen LogP contribution in [0.25, 0.3) is 0 Å². The Hall–Kier alpha value is -0.590. The van der Waals surface area contributed by atoms with E-state index in [1.165, 1.54) is 12.0 Å². The van der Waals surface area contributed by atoms with E-state index in [9.17, 15) is 4.79 Å². The summed E-state index contributed by atoms with van der Waals surface area (Å²) >= 11 is 0. The molecule has 0 unspecified atom stereocenters. The molecule has 84 valence electrons. The molecule has 2 bridgehead atoms. The van der Waals surface area contributed by atoms with E-state index in [0.29, 0.717) is 23.5 Å². The number of ketones is 1. The van der Waals surface area contributed by atoms with Gasteiger partial charge < -0.3 is 0 Å². The van der Waals surface area contributed by atoms with Crippen molar-refractivity contribution < 1.29 is 4.79 Å². The van der Waals surface area contributed by atoms with E-state index >= 15 is 0 Å². The van der Waals surface area contributed by atoms with E-state index in [1.807, 2.05) is 0 Å². The van der Waals surface area contributed by atoms with E-state index in [-0.39, 0.29) is 0 Å². The van der Waals surface area contributed by atoms with Gasteiger partial charge in [-0.3, -0.25) is 4.79 Å². The lowest BCUT2D eigenvalue weighted by Gasteiger charge is -2.46. The van der Waals surface area contributed by atoms with Crippen LogP contribution in [0.3, 0.4) is 0 Å². The molecule has 0 heterocycles. The quantitative estimate of drug-likeness (QED) is 0.632. The van der Waals surface area contributed by atoms with Gasteiger partial charge >= 0.3 is 0 Å². The number of hydrogen-bond acceptors (Lipinski definition) is 1. The first-order chi connectivity index (χ1) is 7.00. The summed E-state index contributed by atoms with van der Waals surface area (Å²) in [5, 5.41) is 0. The van der Waals surface area contributed by atoms with Crippen LogP contribution in [0.15, 0.2) is 11.6 Å². The second kappa shape index (κ2) is 3.77. The van der Waals surface area contributed by atoms with Gasteiger partial charge in [-0.2, -0.15) is 0 Å². The lowest BCUT2D eigenvalue weighted by atomic mass is 9.58. The van der Waals surface area contributed by atoms with Gasteiger partial charge in [-0.1, -0.05) is 25.5 Å². The molecular weight excluding hydrogens is 184 g/mol. The van der Waals surface area contributed by atoms with Crippen LogP contribution in [0.5, 0.6) is 0 Å². The lowest BCUT2D eigenvalue weighted by molar-refractivity contribution is -0.124. The largest absolute Gasteiger partial charge is 0.300 e. The fourth-order valence-corrected chi connectivity index (χ4v) is 3.64. The summed E-state index contributed by atoms with van der Waals surface area (Å²) in [5.74, 6) is 3.53. The van der Waals surface area contributed by atoms with Gasteiger partial charge in [0.2, 0.25) is 0 Å². The number of hydrogen-bond donors (Lipinski definition) is 0. The highest BCUT2D eigenvalue weighted by molar-refractivity contribution is 5.79. The minimum Gasteiger partial charge on any atom is -0.300 e. The van der Waals surface area contributed by atoms with Crippen LogP contribution in [0, 0.1) is 29.6 Å².